The molecule has 0 aliphatic rings. The van der Waals surface area contributed by atoms with Gasteiger partial charge < -0.3 is 5.32 Å². The van der Waals surface area contributed by atoms with Crippen LogP contribution in [0.1, 0.15) is 28.4 Å². The van der Waals surface area contributed by atoms with Crippen molar-refractivity contribution in [2.24, 2.45) is 0 Å². The molecule has 0 saturated carbocycles. The zero-order chi connectivity index (χ0) is 18.7. The van der Waals surface area contributed by atoms with Gasteiger partial charge >= 0.3 is 0 Å². The van der Waals surface area contributed by atoms with E-state index in [9.17, 15) is 13.6 Å². The van der Waals surface area contributed by atoms with Crippen LogP contribution < -0.4 is 5.32 Å². The number of rotatable bonds is 4. The Hall–Kier alpha value is -3.08. The van der Waals surface area contributed by atoms with Gasteiger partial charge in [-0.15, -0.1) is 0 Å². The summed E-state index contributed by atoms with van der Waals surface area (Å²) in [6, 6.07) is 13.0. The minimum atomic E-state index is -0.904. The molecule has 0 bridgehead atoms. The number of amides is 1. The predicted molar refractivity (Wildman–Crippen MR) is 98.1 cm³/mol. The lowest BCUT2D eigenvalue weighted by molar-refractivity contribution is 0.101. The molecule has 0 radical (unpaired) electrons. The van der Waals surface area contributed by atoms with Gasteiger partial charge in [-0.1, -0.05) is 25.1 Å². The molecule has 3 aromatic rings. The Morgan fingerprint density at radius 1 is 1.08 bits per heavy atom. The number of anilines is 1. The van der Waals surface area contributed by atoms with Crippen molar-refractivity contribution in [1.82, 2.24) is 4.98 Å². The van der Waals surface area contributed by atoms with Gasteiger partial charge in [-0.25, -0.2) is 8.78 Å². The zero-order valence-corrected chi connectivity index (χ0v) is 14.5. The molecule has 132 valence electrons. The van der Waals surface area contributed by atoms with E-state index in [1.165, 1.54) is 17.8 Å². The van der Waals surface area contributed by atoms with Gasteiger partial charge in [0.05, 0.1) is 17.6 Å². The Kier molecular flexibility index (Phi) is 5.07. The van der Waals surface area contributed by atoms with Crippen LogP contribution in [-0.2, 0) is 6.42 Å². The van der Waals surface area contributed by atoms with E-state index >= 15 is 0 Å². The molecule has 0 aliphatic carbocycles. The molecule has 1 N–H and O–H groups in total. The number of carbonyl (C=O) groups is 1. The Balaban J connectivity index is 1.83. The molecule has 3 nitrogen and oxygen atoms in total. The first-order chi connectivity index (χ1) is 12.5. The molecule has 1 aromatic heterocycles. The van der Waals surface area contributed by atoms with E-state index in [1.807, 2.05) is 13.0 Å². The van der Waals surface area contributed by atoms with E-state index in [-0.39, 0.29) is 0 Å². The molecule has 1 heterocycles. The fourth-order valence-corrected chi connectivity index (χ4v) is 2.70. The number of halogens is 2. The number of aryl methyl sites for hydroxylation is 2. The van der Waals surface area contributed by atoms with E-state index < -0.39 is 23.1 Å². The minimum absolute atomic E-state index is 0.366. The zero-order valence-electron chi connectivity index (χ0n) is 14.5. The monoisotopic (exact) mass is 352 g/mol. The topological polar surface area (TPSA) is 42.0 Å². The molecule has 5 heteroatoms. The maximum absolute atomic E-state index is 13.7. The highest BCUT2D eigenvalue weighted by Gasteiger charge is 2.17. The number of pyridine rings is 1. The largest absolute Gasteiger partial charge is 0.320 e. The van der Waals surface area contributed by atoms with E-state index in [4.69, 9.17) is 0 Å². The summed E-state index contributed by atoms with van der Waals surface area (Å²) in [4.78, 5) is 16.5. The highest BCUT2D eigenvalue weighted by atomic mass is 19.1. The number of carbonyl (C=O) groups excluding carboxylic acids is 1. The summed E-state index contributed by atoms with van der Waals surface area (Å²) in [6.45, 7) is 4.09. The smallest absolute Gasteiger partial charge is 0.261 e. The fourth-order valence-electron chi connectivity index (χ4n) is 2.70. The number of aromatic nitrogens is 1. The predicted octanol–water partition coefficient (Wildman–Crippen LogP) is 5.15. The van der Waals surface area contributed by atoms with E-state index in [0.717, 1.165) is 35.4 Å². The van der Waals surface area contributed by atoms with Crippen LogP contribution in [-0.4, -0.2) is 10.9 Å². The van der Waals surface area contributed by atoms with Crippen LogP contribution in [0.15, 0.2) is 54.7 Å². The normalized spacial score (nSPS) is 10.6. The molecule has 0 spiro atoms. The van der Waals surface area contributed by atoms with Gasteiger partial charge in [0, 0.05) is 5.56 Å². The average Bonchev–Trinajstić information content (AvgIpc) is 2.63. The molecule has 0 fully saturated rings. The van der Waals surface area contributed by atoms with E-state index in [0.29, 0.717) is 5.69 Å². The van der Waals surface area contributed by atoms with Gasteiger partial charge in [0.25, 0.3) is 5.91 Å². The van der Waals surface area contributed by atoms with Crippen LogP contribution >= 0.6 is 0 Å². The summed E-state index contributed by atoms with van der Waals surface area (Å²) in [7, 11) is 0. The van der Waals surface area contributed by atoms with Gasteiger partial charge in [0.1, 0.15) is 17.2 Å². The van der Waals surface area contributed by atoms with Gasteiger partial charge in [-0.3, -0.25) is 9.78 Å². The number of hydrogen-bond acceptors (Lipinski definition) is 2. The second-order valence-electron chi connectivity index (χ2n) is 5.99. The third-order valence-electron chi connectivity index (χ3n) is 4.20. The second kappa shape index (κ2) is 7.44. The second-order valence-corrected chi connectivity index (χ2v) is 5.99. The van der Waals surface area contributed by atoms with Crippen LogP contribution in [0.5, 0.6) is 0 Å². The summed E-state index contributed by atoms with van der Waals surface area (Å²) in [5.74, 6) is -2.66. The van der Waals surface area contributed by atoms with Gasteiger partial charge in [0.15, 0.2) is 0 Å². The lowest BCUT2D eigenvalue weighted by atomic mass is 10.0. The van der Waals surface area contributed by atoms with Crippen LogP contribution in [0.4, 0.5) is 14.5 Å². The molecule has 1 amide bonds. The summed E-state index contributed by atoms with van der Waals surface area (Å²) >= 11 is 0. The van der Waals surface area contributed by atoms with Crippen LogP contribution in [0.2, 0.25) is 0 Å². The summed E-state index contributed by atoms with van der Waals surface area (Å²) < 4.78 is 27.4. The van der Waals surface area contributed by atoms with E-state index in [1.54, 1.807) is 12.1 Å². The number of hydrogen-bond donors (Lipinski definition) is 1. The Morgan fingerprint density at radius 3 is 2.42 bits per heavy atom. The minimum Gasteiger partial charge on any atom is -0.320 e. The van der Waals surface area contributed by atoms with Gasteiger partial charge in [-0.05, 0) is 54.8 Å². The first-order valence-electron chi connectivity index (χ1n) is 8.31. The van der Waals surface area contributed by atoms with Gasteiger partial charge in [-0.2, -0.15) is 0 Å². The van der Waals surface area contributed by atoms with Crippen molar-refractivity contribution < 1.29 is 13.6 Å². The van der Waals surface area contributed by atoms with Crippen molar-refractivity contribution in [3.8, 4) is 11.3 Å². The van der Waals surface area contributed by atoms with Crippen LogP contribution in [0.25, 0.3) is 11.3 Å². The molecule has 3 rings (SSSR count). The van der Waals surface area contributed by atoms with Crippen molar-refractivity contribution in [2.45, 2.75) is 20.3 Å². The summed E-state index contributed by atoms with van der Waals surface area (Å²) in [5.41, 5.74) is 3.85. The lowest BCUT2D eigenvalue weighted by Crippen LogP contribution is -2.15. The highest BCUT2D eigenvalue weighted by molar-refractivity contribution is 6.04. The van der Waals surface area contributed by atoms with Crippen molar-refractivity contribution in [1.29, 1.82) is 0 Å². The third-order valence-corrected chi connectivity index (χ3v) is 4.20. The summed E-state index contributed by atoms with van der Waals surface area (Å²) in [6.07, 6.45) is 2.40. The third kappa shape index (κ3) is 3.61. The molecule has 2 aromatic carbocycles. The molecule has 0 saturated heterocycles. The molecule has 0 unspecified atom stereocenters. The lowest BCUT2D eigenvalue weighted by Gasteiger charge is -2.10. The Labute approximate surface area is 150 Å². The number of benzene rings is 2. The quantitative estimate of drug-likeness (QED) is 0.705. The number of nitrogens with one attached hydrogen (secondary N) is 1. The van der Waals surface area contributed by atoms with Crippen LogP contribution in [0, 0.1) is 18.6 Å². The SMILES string of the molecule is CCc1ccc(C)c(-c2ccc(NC(=O)c3c(F)cccc3F)cn2)c1. The van der Waals surface area contributed by atoms with Crippen molar-refractivity contribution in [3.05, 3.63) is 83.1 Å². The molecular weight excluding hydrogens is 334 g/mol. The van der Waals surface area contributed by atoms with Crippen molar-refractivity contribution in [3.63, 3.8) is 0 Å². The number of nitrogens with zero attached hydrogens (tertiary/aromatic N) is 1. The van der Waals surface area contributed by atoms with Gasteiger partial charge in [0.2, 0.25) is 0 Å². The van der Waals surface area contributed by atoms with Crippen molar-refractivity contribution in [2.75, 3.05) is 5.32 Å². The first-order valence-corrected chi connectivity index (χ1v) is 8.31. The molecule has 0 atom stereocenters. The molecular formula is C21H18F2N2O. The maximum atomic E-state index is 13.7. The van der Waals surface area contributed by atoms with E-state index in [2.05, 4.69) is 29.4 Å². The molecule has 26 heavy (non-hydrogen) atoms. The average molecular weight is 352 g/mol. The Bertz CT molecular complexity index is 932. The fraction of sp³-hybridized carbons (Fsp3) is 0.143. The van der Waals surface area contributed by atoms with Crippen molar-refractivity contribution >= 4 is 11.6 Å². The molecule has 0 aliphatic heterocycles. The Morgan fingerprint density at radius 2 is 1.81 bits per heavy atom. The highest BCUT2D eigenvalue weighted by Crippen LogP contribution is 2.24. The van der Waals surface area contributed by atoms with Crippen LogP contribution in [0.3, 0.4) is 0 Å². The first kappa shape index (κ1) is 17.7. The summed E-state index contributed by atoms with van der Waals surface area (Å²) in [5, 5.41) is 2.47. The maximum Gasteiger partial charge on any atom is 0.261 e. The standard InChI is InChI=1S/C21H18F2N2O/c1-3-14-8-7-13(2)16(11-14)19-10-9-15(12-24-19)25-21(26)20-17(22)5-4-6-18(20)23/h4-12H,3H2,1-2H3,(H,25,26).